The van der Waals surface area contributed by atoms with Crippen LogP contribution in [0.3, 0.4) is 0 Å². The summed E-state index contributed by atoms with van der Waals surface area (Å²) in [4.78, 5) is 0. The van der Waals surface area contributed by atoms with E-state index in [1.165, 1.54) is 12.1 Å². The Morgan fingerprint density at radius 1 is 1.31 bits per heavy atom. The minimum absolute atomic E-state index is 0.0433. The molecule has 0 spiro atoms. The Bertz CT molecular complexity index is 373. The normalized spacial score (nSPS) is 12.9. The van der Waals surface area contributed by atoms with Crippen LogP contribution in [0.4, 0.5) is 18.9 Å². The lowest BCUT2D eigenvalue weighted by molar-refractivity contribution is -0.137. The SMILES string of the molecule is C#CCC(C)Nc1ccc(C(F)(F)F)cc1. The molecular formula is C12H12F3N. The van der Waals surface area contributed by atoms with Crippen molar-refractivity contribution in [3.05, 3.63) is 29.8 Å². The lowest BCUT2D eigenvalue weighted by Gasteiger charge is -2.13. The maximum Gasteiger partial charge on any atom is 0.416 e. The Morgan fingerprint density at radius 3 is 2.31 bits per heavy atom. The van der Waals surface area contributed by atoms with Crippen LogP contribution in [0.2, 0.25) is 0 Å². The molecule has 0 saturated heterocycles. The Labute approximate surface area is 92.7 Å². The van der Waals surface area contributed by atoms with Gasteiger partial charge in [-0.1, -0.05) is 0 Å². The van der Waals surface area contributed by atoms with Crippen LogP contribution in [-0.2, 0) is 6.18 Å². The molecule has 1 nitrogen and oxygen atoms in total. The van der Waals surface area contributed by atoms with Gasteiger partial charge in [0.15, 0.2) is 0 Å². The fourth-order valence-corrected chi connectivity index (χ4v) is 1.27. The number of hydrogen-bond acceptors (Lipinski definition) is 1. The quantitative estimate of drug-likeness (QED) is 0.779. The summed E-state index contributed by atoms with van der Waals surface area (Å²) in [6.45, 7) is 1.87. The maximum absolute atomic E-state index is 12.3. The molecule has 1 aromatic rings. The van der Waals surface area contributed by atoms with Gasteiger partial charge in [-0.3, -0.25) is 0 Å². The van der Waals surface area contributed by atoms with Crippen molar-refractivity contribution in [2.24, 2.45) is 0 Å². The number of terminal acetylenes is 1. The Morgan fingerprint density at radius 2 is 1.88 bits per heavy atom. The molecule has 0 radical (unpaired) electrons. The van der Waals surface area contributed by atoms with Crippen molar-refractivity contribution in [2.45, 2.75) is 25.6 Å². The number of benzene rings is 1. The number of alkyl halides is 3. The van der Waals surface area contributed by atoms with Gasteiger partial charge in [-0.05, 0) is 31.2 Å². The third-order valence-electron chi connectivity index (χ3n) is 2.05. The second kappa shape index (κ2) is 4.93. The zero-order valence-electron chi connectivity index (χ0n) is 8.81. The predicted octanol–water partition coefficient (Wildman–Crippen LogP) is 3.53. The van der Waals surface area contributed by atoms with E-state index in [0.29, 0.717) is 12.1 Å². The highest BCUT2D eigenvalue weighted by Crippen LogP contribution is 2.29. The summed E-state index contributed by atoms with van der Waals surface area (Å²) < 4.78 is 36.8. The predicted molar refractivity (Wildman–Crippen MR) is 58.0 cm³/mol. The highest BCUT2D eigenvalue weighted by atomic mass is 19.4. The van der Waals surface area contributed by atoms with E-state index in [2.05, 4.69) is 11.2 Å². The number of halogens is 3. The van der Waals surface area contributed by atoms with E-state index in [0.717, 1.165) is 12.1 Å². The second-order valence-corrected chi connectivity index (χ2v) is 3.53. The van der Waals surface area contributed by atoms with Crippen molar-refractivity contribution >= 4 is 5.69 Å². The van der Waals surface area contributed by atoms with Crippen molar-refractivity contribution in [3.63, 3.8) is 0 Å². The molecule has 0 heterocycles. The highest BCUT2D eigenvalue weighted by molar-refractivity contribution is 5.45. The van der Waals surface area contributed by atoms with Crippen molar-refractivity contribution in [3.8, 4) is 12.3 Å². The van der Waals surface area contributed by atoms with Gasteiger partial charge < -0.3 is 5.32 Å². The lowest BCUT2D eigenvalue weighted by Crippen LogP contribution is -2.14. The van der Waals surface area contributed by atoms with E-state index in [1.807, 2.05) is 6.92 Å². The van der Waals surface area contributed by atoms with E-state index in [9.17, 15) is 13.2 Å². The molecule has 0 bridgehead atoms. The van der Waals surface area contributed by atoms with Gasteiger partial charge in [0.1, 0.15) is 0 Å². The summed E-state index contributed by atoms with van der Waals surface area (Å²) in [6, 6.07) is 4.93. The van der Waals surface area contributed by atoms with Crippen LogP contribution >= 0.6 is 0 Å². The molecule has 0 fully saturated rings. The molecule has 0 saturated carbocycles. The van der Waals surface area contributed by atoms with Crippen LogP contribution in [-0.4, -0.2) is 6.04 Å². The maximum atomic E-state index is 12.3. The number of rotatable bonds is 3. The molecule has 0 amide bonds. The summed E-state index contributed by atoms with van der Waals surface area (Å²) in [5.41, 5.74) is -0.0154. The van der Waals surface area contributed by atoms with Gasteiger partial charge in [-0.2, -0.15) is 13.2 Å². The Hall–Kier alpha value is -1.63. The molecule has 4 heteroatoms. The molecule has 0 aromatic heterocycles. The molecular weight excluding hydrogens is 215 g/mol. The molecule has 1 atom stereocenters. The van der Waals surface area contributed by atoms with Crippen molar-refractivity contribution < 1.29 is 13.2 Å². The first kappa shape index (κ1) is 12.4. The minimum atomic E-state index is -4.29. The van der Waals surface area contributed by atoms with Crippen molar-refractivity contribution in [1.82, 2.24) is 0 Å². The first-order chi connectivity index (χ1) is 7.43. The van der Waals surface area contributed by atoms with Crippen LogP contribution in [0.15, 0.2) is 24.3 Å². The highest BCUT2D eigenvalue weighted by Gasteiger charge is 2.29. The zero-order valence-corrected chi connectivity index (χ0v) is 8.81. The van der Waals surface area contributed by atoms with Crippen LogP contribution in [0.1, 0.15) is 18.9 Å². The summed E-state index contributed by atoms with van der Waals surface area (Å²) >= 11 is 0. The fraction of sp³-hybridized carbons (Fsp3) is 0.333. The van der Waals surface area contributed by atoms with E-state index in [-0.39, 0.29) is 6.04 Å². The van der Waals surface area contributed by atoms with Gasteiger partial charge in [0.2, 0.25) is 0 Å². The standard InChI is InChI=1S/C12H12F3N/c1-3-4-9(2)16-11-7-5-10(6-8-11)12(13,14)15/h1,5-9,16H,4H2,2H3. The molecule has 1 unspecified atom stereocenters. The van der Waals surface area contributed by atoms with Gasteiger partial charge in [-0.25, -0.2) is 0 Å². The smallest absolute Gasteiger partial charge is 0.382 e. The lowest BCUT2D eigenvalue weighted by atomic mass is 10.2. The number of hydrogen-bond donors (Lipinski definition) is 1. The summed E-state index contributed by atoms with van der Waals surface area (Å²) in [7, 11) is 0. The third-order valence-corrected chi connectivity index (χ3v) is 2.05. The van der Waals surface area contributed by atoms with E-state index in [1.54, 1.807) is 0 Å². The summed E-state index contributed by atoms with van der Waals surface area (Å²) in [5, 5.41) is 3.01. The fourth-order valence-electron chi connectivity index (χ4n) is 1.27. The minimum Gasteiger partial charge on any atom is -0.382 e. The zero-order chi connectivity index (χ0) is 12.2. The van der Waals surface area contributed by atoms with Crippen LogP contribution in [0, 0.1) is 12.3 Å². The van der Waals surface area contributed by atoms with Crippen LogP contribution in [0.25, 0.3) is 0 Å². The number of nitrogens with one attached hydrogen (secondary N) is 1. The molecule has 0 aliphatic rings. The van der Waals surface area contributed by atoms with Crippen LogP contribution in [0.5, 0.6) is 0 Å². The van der Waals surface area contributed by atoms with Crippen molar-refractivity contribution in [1.29, 1.82) is 0 Å². The average Bonchev–Trinajstić information content (AvgIpc) is 2.17. The first-order valence-corrected chi connectivity index (χ1v) is 4.80. The third kappa shape index (κ3) is 3.50. The van der Waals surface area contributed by atoms with Gasteiger partial charge in [0.05, 0.1) is 5.56 Å². The average molecular weight is 227 g/mol. The molecule has 1 aromatic carbocycles. The molecule has 86 valence electrons. The first-order valence-electron chi connectivity index (χ1n) is 4.80. The van der Waals surface area contributed by atoms with Gasteiger partial charge in [-0.15, -0.1) is 12.3 Å². The van der Waals surface area contributed by atoms with E-state index in [4.69, 9.17) is 6.42 Å². The van der Waals surface area contributed by atoms with Crippen molar-refractivity contribution in [2.75, 3.05) is 5.32 Å². The largest absolute Gasteiger partial charge is 0.416 e. The molecule has 1 N–H and O–H groups in total. The van der Waals surface area contributed by atoms with Gasteiger partial charge in [0.25, 0.3) is 0 Å². The van der Waals surface area contributed by atoms with Gasteiger partial charge >= 0.3 is 6.18 Å². The van der Waals surface area contributed by atoms with E-state index < -0.39 is 11.7 Å². The van der Waals surface area contributed by atoms with Crippen LogP contribution < -0.4 is 5.32 Å². The second-order valence-electron chi connectivity index (χ2n) is 3.53. The Balaban J connectivity index is 2.69. The Kier molecular flexibility index (Phi) is 3.83. The summed E-state index contributed by atoms with van der Waals surface area (Å²) in [5.74, 6) is 2.48. The molecule has 0 aliphatic carbocycles. The monoisotopic (exact) mass is 227 g/mol. The molecule has 1 rings (SSSR count). The van der Waals surface area contributed by atoms with Gasteiger partial charge in [0, 0.05) is 18.2 Å². The molecule has 0 aliphatic heterocycles. The molecule has 16 heavy (non-hydrogen) atoms. The number of anilines is 1. The topological polar surface area (TPSA) is 12.0 Å². The van der Waals surface area contributed by atoms with E-state index >= 15 is 0 Å². The summed E-state index contributed by atoms with van der Waals surface area (Å²) in [6.07, 6.45) is 1.37.